The topological polar surface area (TPSA) is 19.0 Å². The molecule has 0 radical (unpaired) electrons. The van der Waals surface area contributed by atoms with Gasteiger partial charge in [-0.3, -0.25) is 4.90 Å². The Labute approximate surface area is 88.3 Å². The Kier molecular flexibility index (Phi) is 7.21. The Morgan fingerprint density at radius 2 is 1.43 bits per heavy atom. The number of aromatic amines is 1. The molecule has 0 aliphatic carbocycles. The van der Waals surface area contributed by atoms with Crippen molar-refractivity contribution in [1.29, 1.82) is 0 Å². The molecule has 0 fully saturated rings. The first-order valence-electron chi connectivity index (χ1n) is 5.43. The molecule has 82 valence electrons. The van der Waals surface area contributed by atoms with Crippen LogP contribution in [0.5, 0.6) is 0 Å². The molecule has 14 heavy (non-hydrogen) atoms. The maximum atomic E-state index is 2.86. The Morgan fingerprint density at radius 3 is 1.50 bits per heavy atom. The second-order valence-electron chi connectivity index (χ2n) is 3.90. The van der Waals surface area contributed by atoms with Gasteiger partial charge in [0.1, 0.15) is 0 Å². The highest BCUT2D eigenvalue weighted by atomic mass is 15.2. The van der Waals surface area contributed by atoms with E-state index >= 15 is 0 Å². The highest BCUT2D eigenvalue weighted by molar-refractivity contribution is 4.84. The van der Waals surface area contributed by atoms with Crippen molar-refractivity contribution in [2.75, 3.05) is 6.54 Å². The smallest absolute Gasteiger partial charge is 0.00411 e. The van der Waals surface area contributed by atoms with Gasteiger partial charge in [0.2, 0.25) is 0 Å². The molecule has 0 bridgehead atoms. The van der Waals surface area contributed by atoms with Gasteiger partial charge in [-0.15, -0.1) is 0 Å². The average Bonchev–Trinajstić information content (AvgIpc) is 2.59. The SMILES string of the molecule is CCN(C(C)C)C(C)C.c1cc[nH]c1. The van der Waals surface area contributed by atoms with Crippen LogP contribution >= 0.6 is 0 Å². The van der Waals surface area contributed by atoms with Gasteiger partial charge in [-0.05, 0) is 46.4 Å². The van der Waals surface area contributed by atoms with Crippen molar-refractivity contribution in [3.8, 4) is 0 Å². The van der Waals surface area contributed by atoms with E-state index in [4.69, 9.17) is 0 Å². The monoisotopic (exact) mass is 196 g/mol. The minimum Gasteiger partial charge on any atom is -0.368 e. The molecule has 2 nitrogen and oxygen atoms in total. The summed E-state index contributed by atoms with van der Waals surface area (Å²) in [4.78, 5) is 5.32. The maximum absolute atomic E-state index is 2.86. The van der Waals surface area contributed by atoms with E-state index in [1.54, 1.807) is 0 Å². The van der Waals surface area contributed by atoms with Crippen molar-refractivity contribution in [3.63, 3.8) is 0 Å². The fourth-order valence-corrected chi connectivity index (χ4v) is 1.60. The summed E-state index contributed by atoms with van der Waals surface area (Å²) >= 11 is 0. The van der Waals surface area contributed by atoms with E-state index < -0.39 is 0 Å². The summed E-state index contributed by atoms with van der Waals surface area (Å²) in [5.41, 5.74) is 0. The predicted octanol–water partition coefficient (Wildman–Crippen LogP) is 3.14. The van der Waals surface area contributed by atoms with Gasteiger partial charge >= 0.3 is 0 Å². The van der Waals surface area contributed by atoms with Crippen LogP contribution in [0.4, 0.5) is 0 Å². The normalized spacial score (nSPS) is 10.6. The van der Waals surface area contributed by atoms with E-state index in [1.165, 1.54) is 0 Å². The van der Waals surface area contributed by atoms with Crippen molar-refractivity contribution >= 4 is 0 Å². The third kappa shape index (κ3) is 5.81. The zero-order chi connectivity index (χ0) is 11.0. The van der Waals surface area contributed by atoms with Crippen molar-refractivity contribution in [2.45, 2.75) is 46.7 Å². The molecule has 1 aromatic rings. The second-order valence-corrected chi connectivity index (χ2v) is 3.90. The molecule has 0 unspecified atom stereocenters. The average molecular weight is 196 g/mol. The molecule has 0 aliphatic rings. The van der Waals surface area contributed by atoms with E-state index in [9.17, 15) is 0 Å². The molecule has 0 saturated carbocycles. The van der Waals surface area contributed by atoms with Crippen molar-refractivity contribution in [3.05, 3.63) is 24.5 Å². The summed E-state index contributed by atoms with van der Waals surface area (Å²) in [6.07, 6.45) is 3.75. The highest BCUT2D eigenvalue weighted by Crippen LogP contribution is 2.02. The van der Waals surface area contributed by atoms with E-state index in [0.717, 1.165) is 6.54 Å². The first kappa shape index (κ1) is 13.2. The van der Waals surface area contributed by atoms with Crippen LogP contribution in [0.3, 0.4) is 0 Å². The Balaban J connectivity index is 0.000000280. The van der Waals surface area contributed by atoms with Crippen LogP contribution < -0.4 is 0 Å². The Hall–Kier alpha value is -0.760. The number of hydrogen-bond donors (Lipinski definition) is 1. The number of nitrogens with one attached hydrogen (secondary N) is 1. The summed E-state index contributed by atoms with van der Waals surface area (Å²) < 4.78 is 0. The minimum absolute atomic E-state index is 0.690. The fourth-order valence-electron chi connectivity index (χ4n) is 1.60. The highest BCUT2D eigenvalue weighted by Gasteiger charge is 2.08. The van der Waals surface area contributed by atoms with E-state index in [0.29, 0.717) is 12.1 Å². The number of rotatable bonds is 3. The molecule has 0 aliphatic heterocycles. The van der Waals surface area contributed by atoms with Crippen molar-refractivity contribution < 1.29 is 0 Å². The van der Waals surface area contributed by atoms with Crippen LogP contribution in [0.15, 0.2) is 24.5 Å². The van der Waals surface area contributed by atoms with Crippen molar-refractivity contribution in [2.24, 2.45) is 0 Å². The van der Waals surface area contributed by atoms with Gasteiger partial charge in [-0.1, -0.05) is 6.92 Å². The Bertz CT molecular complexity index is 165. The van der Waals surface area contributed by atoms with Gasteiger partial charge < -0.3 is 4.98 Å². The molecule has 1 rings (SSSR count). The number of nitrogens with zero attached hydrogens (tertiary/aromatic N) is 1. The van der Waals surface area contributed by atoms with Crippen LogP contribution in [0, 0.1) is 0 Å². The van der Waals surface area contributed by atoms with Gasteiger partial charge in [0, 0.05) is 24.5 Å². The minimum atomic E-state index is 0.690. The van der Waals surface area contributed by atoms with E-state index in [2.05, 4.69) is 44.5 Å². The van der Waals surface area contributed by atoms with Crippen LogP contribution in [0.1, 0.15) is 34.6 Å². The Morgan fingerprint density at radius 1 is 1.00 bits per heavy atom. The van der Waals surface area contributed by atoms with Crippen LogP contribution in [-0.4, -0.2) is 28.5 Å². The molecule has 0 amide bonds. The van der Waals surface area contributed by atoms with Crippen molar-refractivity contribution in [1.82, 2.24) is 9.88 Å². The standard InChI is InChI=1S/C8H19N.C4H5N/c1-6-9(7(2)3)8(4)5;1-2-4-5-3-1/h7-8H,6H2,1-5H3;1-5H. The first-order chi connectivity index (χ1) is 6.59. The zero-order valence-corrected chi connectivity index (χ0v) is 10.1. The predicted molar refractivity (Wildman–Crippen MR) is 63.4 cm³/mol. The molecule has 0 saturated heterocycles. The van der Waals surface area contributed by atoms with Crippen LogP contribution in [0.2, 0.25) is 0 Å². The lowest BCUT2D eigenvalue weighted by atomic mass is 10.2. The molecule has 1 aromatic heterocycles. The third-order valence-electron chi connectivity index (χ3n) is 2.19. The van der Waals surface area contributed by atoms with Crippen LogP contribution in [0.25, 0.3) is 0 Å². The van der Waals surface area contributed by atoms with E-state index in [1.807, 2.05) is 24.5 Å². The van der Waals surface area contributed by atoms with Gasteiger partial charge in [0.15, 0.2) is 0 Å². The molecule has 1 heterocycles. The summed E-state index contributed by atoms with van der Waals surface area (Å²) in [6.45, 7) is 12.3. The lowest BCUT2D eigenvalue weighted by Crippen LogP contribution is -2.36. The summed E-state index contributed by atoms with van der Waals surface area (Å²) in [5, 5.41) is 0. The molecular formula is C12H24N2. The number of hydrogen-bond acceptors (Lipinski definition) is 1. The maximum Gasteiger partial charge on any atom is 0.00411 e. The number of H-pyrrole nitrogens is 1. The lowest BCUT2D eigenvalue weighted by molar-refractivity contribution is 0.185. The second kappa shape index (κ2) is 7.63. The number of aromatic nitrogens is 1. The summed E-state index contributed by atoms with van der Waals surface area (Å²) in [5.74, 6) is 0. The zero-order valence-electron chi connectivity index (χ0n) is 10.1. The largest absolute Gasteiger partial charge is 0.368 e. The molecule has 0 atom stereocenters. The molecule has 0 aromatic carbocycles. The van der Waals surface area contributed by atoms with E-state index in [-0.39, 0.29) is 0 Å². The molecule has 1 N–H and O–H groups in total. The quantitative estimate of drug-likeness (QED) is 0.787. The fraction of sp³-hybridized carbons (Fsp3) is 0.667. The van der Waals surface area contributed by atoms with Crippen LogP contribution in [-0.2, 0) is 0 Å². The summed E-state index contributed by atoms with van der Waals surface area (Å²) in [6, 6.07) is 5.27. The van der Waals surface area contributed by atoms with Gasteiger partial charge in [0.05, 0.1) is 0 Å². The molecular weight excluding hydrogens is 172 g/mol. The van der Waals surface area contributed by atoms with Gasteiger partial charge in [0.25, 0.3) is 0 Å². The molecule has 2 heteroatoms. The van der Waals surface area contributed by atoms with Gasteiger partial charge in [-0.2, -0.15) is 0 Å². The summed E-state index contributed by atoms with van der Waals surface area (Å²) in [7, 11) is 0. The van der Waals surface area contributed by atoms with Gasteiger partial charge in [-0.25, -0.2) is 0 Å². The first-order valence-corrected chi connectivity index (χ1v) is 5.43. The third-order valence-corrected chi connectivity index (χ3v) is 2.19. The molecule has 0 spiro atoms. The lowest BCUT2D eigenvalue weighted by Gasteiger charge is -2.28.